The van der Waals surface area contributed by atoms with Crippen molar-refractivity contribution in [2.24, 2.45) is 0 Å². The first kappa shape index (κ1) is 8.66. The Labute approximate surface area is 78.6 Å². The summed E-state index contributed by atoms with van der Waals surface area (Å²) < 4.78 is 0. The van der Waals surface area contributed by atoms with E-state index in [0.717, 1.165) is 31.0 Å². The van der Waals surface area contributed by atoms with E-state index in [1.807, 2.05) is 13.0 Å². The molecule has 13 heavy (non-hydrogen) atoms. The number of aryl methyl sites for hydroxylation is 1. The molecule has 2 heterocycles. The average molecular weight is 177 g/mol. The van der Waals surface area contributed by atoms with Crippen LogP contribution in [0.1, 0.15) is 17.4 Å². The van der Waals surface area contributed by atoms with Crippen molar-refractivity contribution in [2.45, 2.75) is 13.0 Å². The van der Waals surface area contributed by atoms with Crippen molar-refractivity contribution in [2.75, 3.05) is 19.6 Å². The fourth-order valence-electron chi connectivity index (χ4n) is 1.62. The highest BCUT2D eigenvalue weighted by Gasteiger charge is 2.14. The molecule has 2 rings (SSSR count). The fraction of sp³-hybridized carbons (Fsp3) is 0.500. The molecule has 1 aromatic heterocycles. The molecule has 1 fully saturated rings. The molecule has 2 N–H and O–H groups in total. The van der Waals surface area contributed by atoms with E-state index in [0.29, 0.717) is 6.04 Å². The molecule has 1 aliphatic rings. The molecule has 70 valence electrons. The van der Waals surface area contributed by atoms with Gasteiger partial charge in [-0.25, -0.2) is 0 Å². The molecule has 1 aromatic rings. The van der Waals surface area contributed by atoms with Gasteiger partial charge in [-0.2, -0.15) is 0 Å². The SMILES string of the molecule is Cc1cccc([C@@H]2CNCCN2)n1. The predicted octanol–water partition coefficient (Wildman–Crippen LogP) is 0.624. The van der Waals surface area contributed by atoms with Gasteiger partial charge in [-0.15, -0.1) is 0 Å². The van der Waals surface area contributed by atoms with Crippen molar-refractivity contribution in [3.05, 3.63) is 29.6 Å². The van der Waals surface area contributed by atoms with Crippen LogP contribution in [0, 0.1) is 6.92 Å². The molecule has 0 unspecified atom stereocenters. The Hall–Kier alpha value is -0.930. The molecular weight excluding hydrogens is 162 g/mol. The zero-order valence-electron chi connectivity index (χ0n) is 7.88. The van der Waals surface area contributed by atoms with Crippen molar-refractivity contribution < 1.29 is 0 Å². The Morgan fingerprint density at radius 1 is 1.38 bits per heavy atom. The van der Waals surface area contributed by atoms with Crippen LogP contribution in [-0.2, 0) is 0 Å². The number of rotatable bonds is 1. The summed E-state index contributed by atoms with van der Waals surface area (Å²) in [5.74, 6) is 0. The number of nitrogens with one attached hydrogen (secondary N) is 2. The summed E-state index contributed by atoms with van der Waals surface area (Å²) >= 11 is 0. The van der Waals surface area contributed by atoms with Gasteiger partial charge in [0, 0.05) is 25.3 Å². The van der Waals surface area contributed by atoms with E-state index in [-0.39, 0.29) is 0 Å². The van der Waals surface area contributed by atoms with Crippen LogP contribution in [0.3, 0.4) is 0 Å². The summed E-state index contributed by atoms with van der Waals surface area (Å²) in [6.07, 6.45) is 0. The van der Waals surface area contributed by atoms with E-state index in [1.54, 1.807) is 0 Å². The van der Waals surface area contributed by atoms with Crippen LogP contribution in [0.5, 0.6) is 0 Å². The number of hydrogen-bond donors (Lipinski definition) is 2. The third kappa shape index (κ3) is 2.05. The molecule has 0 aliphatic carbocycles. The molecule has 0 bridgehead atoms. The van der Waals surface area contributed by atoms with Crippen molar-refractivity contribution in [3.63, 3.8) is 0 Å². The van der Waals surface area contributed by atoms with Gasteiger partial charge in [0.2, 0.25) is 0 Å². The molecule has 0 amide bonds. The minimum atomic E-state index is 0.383. The van der Waals surface area contributed by atoms with E-state index in [1.165, 1.54) is 0 Å². The zero-order valence-corrected chi connectivity index (χ0v) is 7.88. The zero-order chi connectivity index (χ0) is 9.10. The van der Waals surface area contributed by atoms with Crippen LogP contribution < -0.4 is 10.6 Å². The molecule has 0 spiro atoms. The highest BCUT2D eigenvalue weighted by atomic mass is 15.1. The summed E-state index contributed by atoms with van der Waals surface area (Å²) in [5, 5.41) is 6.79. The van der Waals surface area contributed by atoms with Gasteiger partial charge in [-0.05, 0) is 19.1 Å². The minimum Gasteiger partial charge on any atom is -0.314 e. The van der Waals surface area contributed by atoms with Crippen molar-refractivity contribution in [1.29, 1.82) is 0 Å². The molecule has 0 aromatic carbocycles. The highest BCUT2D eigenvalue weighted by Crippen LogP contribution is 2.10. The number of pyridine rings is 1. The van der Waals surface area contributed by atoms with E-state index < -0.39 is 0 Å². The third-order valence-electron chi connectivity index (χ3n) is 2.31. The standard InChI is InChI=1S/C10H15N3/c1-8-3-2-4-9(13-8)10-7-11-5-6-12-10/h2-4,10-12H,5-7H2,1H3/t10-/m0/s1. The second-order valence-electron chi connectivity index (χ2n) is 3.41. The van der Waals surface area contributed by atoms with Crippen LogP contribution >= 0.6 is 0 Å². The maximum Gasteiger partial charge on any atom is 0.0622 e. The summed E-state index contributed by atoms with van der Waals surface area (Å²) in [7, 11) is 0. The minimum absolute atomic E-state index is 0.383. The van der Waals surface area contributed by atoms with Crippen molar-refractivity contribution in [3.8, 4) is 0 Å². The first-order chi connectivity index (χ1) is 6.36. The molecule has 0 radical (unpaired) electrons. The molecule has 1 saturated heterocycles. The first-order valence-corrected chi connectivity index (χ1v) is 4.74. The normalized spacial score (nSPS) is 23.0. The van der Waals surface area contributed by atoms with Crippen LogP contribution in [0.15, 0.2) is 18.2 Å². The molecular formula is C10H15N3. The predicted molar refractivity (Wildman–Crippen MR) is 52.6 cm³/mol. The van der Waals surface area contributed by atoms with Crippen LogP contribution in [0.4, 0.5) is 0 Å². The Bertz CT molecular complexity index is 279. The fourth-order valence-corrected chi connectivity index (χ4v) is 1.62. The van der Waals surface area contributed by atoms with E-state index in [9.17, 15) is 0 Å². The monoisotopic (exact) mass is 177 g/mol. The smallest absolute Gasteiger partial charge is 0.0622 e. The lowest BCUT2D eigenvalue weighted by Gasteiger charge is -2.24. The summed E-state index contributed by atoms with van der Waals surface area (Å²) in [5.41, 5.74) is 2.23. The Morgan fingerprint density at radius 2 is 2.31 bits per heavy atom. The molecule has 3 heteroatoms. The lowest BCUT2D eigenvalue weighted by atomic mass is 10.1. The van der Waals surface area contributed by atoms with Crippen molar-refractivity contribution >= 4 is 0 Å². The van der Waals surface area contributed by atoms with Gasteiger partial charge in [-0.3, -0.25) is 4.98 Å². The van der Waals surface area contributed by atoms with Crippen LogP contribution in [0.2, 0.25) is 0 Å². The van der Waals surface area contributed by atoms with Gasteiger partial charge in [-0.1, -0.05) is 6.07 Å². The highest BCUT2D eigenvalue weighted by molar-refractivity contribution is 5.14. The number of nitrogens with zero attached hydrogens (tertiary/aromatic N) is 1. The van der Waals surface area contributed by atoms with Gasteiger partial charge in [0.1, 0.15) is 0 Å². The summed E-state index contributed by atoms with van der Waals surface area (Å²) in [4.78, 5) is 4.49. The first-order valence-electron chi connectivity index (χ1n) is 4.74. The Morgan fingerprint density at radius 3 is 3.00 bits per heavy atom. The Kier molecular flexibility index (Phi) is 2.57. The van der Waals surface area contributed by atoms with Gasteiger partial charge in [0.05, 0.1) is 11.7 Å². The lowest BCUT2D eigenvalue weighted by molar-refractivity contribution is 0.423. The van der Waals surface area contributed by atoms with Gasteiger partial charge >= 0.3 is 0 Å². The number of aromatic nitrogens is 1. The topological polar surface area (TPSA) is 37.0 Å². The largest absolute Gasteiger partial charge is 0.314 e. The summed E-state index contributed by atoms with van der Waals surface area (Å²) in [6, 6.07) is 6.56. The van der Waals surface area contributed by atoms with Crippen LogP contribution in [0.25, 0.3) is 0 Å². The average Bonchev–Trinajstić information content (AvgIpc) is 2.19. The Balaban J connectivity index is 2.14. The quantitative estimate of drug-likeness (QED) is 0.660. The van der Waals surface area contributed by atoms with E-state index >= 15 is 0 Å². The van der Waals surface area contributed by atoms with E-state index in [4.69, 9.17) is 0 Å². The van der Waals surface area contributed by atoms with Gasteiger partial charge < -0.3 is 10.6 Å². The molecule has 1 aliphatic heterocycles. The number of hydrogen-bond acceptors (Lipinski definition) is 3. The molecule has 0 saturated carbocycles. The molecule has 3 nitrogen and oxygen atoms in total. The second kappa shape index (κ2) is 3.85. The van der Waals surface area contributed by atoms with Gasteiger partial charge in [0.25, 0.3) is 0 Å². The number of piperazine rings is 1. The van der Waals surface area contributed by atoms with Crippen LogP contribution in [-0.4, -0.2) is 24.6 Å². The molecule has 1 atom stereocenters. The summed E-state index contributed by atoms with van der Waals surface area (Å²) in [6.45, 7) is 5.10. The van der Waals surface area contributed by atoms with Crippen molar-refractivity contribution in [1.82, 2.24) is 15.6 Å². The second-order valence-corrected chi connectivity index (χ2v) is 3.41. The maximum absolute atomic E-state index is 4.49. The van der Waals surface area contributed by atoms with E-state index in [2.05, 4.69) is 27.8 Å². The van der Waals surface area contributed by atoms with Gasteiger partial charge in [0.15, 0.2) is 0 Å². The third-order valence-corrected chi connectivity index (χ3v) is 2.31. The lowest BCUT2D eigenvalue weighted by Crippen LogP contribution is -2.42. The maximum atomic E-state index is 4.49.